The molecule has 0 aromatic rings. The number of aliphatic hydroxyl groups is 1. The van der Waals surface area contributed by atoms with Gasteiger partial charge in [0.05, 0.1) is 26.4 Å². The number of esters is 4. The molecule has 2 unspecified atom stereocenters. The number of hydrogen-bond acceptors (Lipinski definition) is 15. The Hall–Kier alpha value is -1.94. The summed E-state index contributed by atoms with van der Waals surface area (Å²) >= 11 is 0. The Kier molecular flexibility index (Phi) is 73.1. The third-order valence-electron chi connectivity index (χ3n) is 19.5. The Balaban J connectivity index is 5.21. The predicted molar refractivity (Wildman–Crippen MR) is 418 cm³/mol. The molecule has 0 heterocycles. The molecule has 606 valence electrons. The molecule has 0 fully saturated rings. The van der Waals surface area contributed by atoms with Crippen molar-refractivity contribution in [1.82, 2.24) is 0 Å². The molecule has 0 aliphatic heterocycles. The van der Waals surface area contributed by atoms with E-state index in [1.54, 1.807) is 0 Å². The van der Waals surface area contributed by atoms with Crippen LogP contribution in [-0.2, 0) is 65.4 Å². The maximum absolute atomic E-state index is 13.1. The van der Waals surface area contributed by atoms with Gasteiger partial charge in [-0.05, 0) is 37.5 Å². The maximum Gasteiger partial charge on any atom is 0.472 e. The van der Waals surface area contributed by atoms with Crippen LogP contribution in [0.2, 0.25) is 0 Å². The zero-order chi connectivity index (χ0) is 74.9. The third-order valence-corrected chi connectivity index (χ3v) is 21.4. The molecule has 102 heavy (non-hydrogen) atoms. The molecule has 0 saturated carbocycles. The fraction of sp³-hybridized carbons (Fsp3) is 0.952. The van der Waals surface area contributed by atoms with Gasteiger partial charge >= 0.3 is 39.5 Å². The molecule has 5 atom stereocenters. The number of rotatable bonds is 82. The monoisotopic (exact) mass is 1490 g/mol. The fourth-order valence-electron chi connectivity index (χ4n) is 12.9. The predicted octanol–water partition coefficient (Wildman–Crippen LogP) is 25.1. The normalized spacial score (nSPS) is 13.9. The van der Waals surface area contributed by atoms with Crippen LogP contribution in [0.25, 0.3) is 0 Å². The molecule has 17 nitrogen and oxygen atoms in total. The zero-order valence-electron chi connectivity index (χ0n) is 66.9. The minimum atomic E-state index is -4.96. The average molecular weight is 1490 g/mol. The number of ether oxygens (including phenoxy) is 4. The molecule has 0 amide bonds. The molecule has 0 aliphatic carbocycles. The Morgan fingerprint density at radius 2 is 0.451 bits per heavy atom. The lowest BCUT2D eigenvalue weighted by Crippen LogP contribution is -2.30. The lowest BCUT2D eigenvalue weighted by molar-refractivity contribution is -0.161. The van der Waals surface area contributed by atoms with Crippen LogP contribution in [0.1, 0.15) is 440 Å². The highest BCUT2D eigenvalue weighted by atomic mass is 31.2. The van der Waals surface area contributed by atoms with Crippen LogP contribution in [0.3, 0.4) is 0 Å². The van der Waals surface area contributed by atoms with E-state index in [1.807, 2.05) is 0 Å². The first kappa shape index (κ1) is 100. The van der Waals surface area contributed by atoms with Crippen molar-refractivity contribution < 1.29 is 80.2 Å². The number of carbonyl (C=O) groups is 4. The summed E-state index contributed by atoms with van der Waals surface area (Å²) in [5.74, 6) is -0.569. The second-order valence-corrected chi connectivity index (χ2v) is 33.7. The molecule has 19 heteroatoms. The van der Waals surface area contributed by atoms with Crippen LogP contribution in [0.4, 0.5) is 0 Å². The van der Waals surface area contributed by atoms with Gasteiger partial charge in [-0.25, -0.2) is 9.13 Å². The standard InChI is InChI=1S/C83H162O17P2/c1-7-9-11-13-15-17-19-20-21-22-23-27-30-33-37-41-48-54-60-66-81(86)94-71-78(99-82(87)67-61-55-49-42-38-34-31-28-25-24-26-29-32-36-39-45-51-57-63-75(3)4)73-97-101(89,90)95-69-77(84)70-96-102(91,92)98-74-79(100-83(88)68-62-56-50-44-43-46-52-58-64-76(5)6)72-93-80(85)65-59-53-47-40-35-18-16-14-12-10-8-2/h75-79,84H,7-74H2,1-6H3,(H,89,90)(H,91,92)/t77-,78-,79-/m1/s1. The van der Waals surface area contributed by atoms with Crippen molar-refractivity contribution in [2.75, 3.05) is 39.6 Å². The zero-order valence-corrected chi connectivity index (χ0v) is 68.7. The van der Waals surface area contributed by atoms with E-state index in [0.717, 1.165) is 102 Å². The van der Waals surface area contributed by atoms with E-state index in [9.17, 15) is 43.2 Å². The Morgan fingerprint density at radius 3 is 0.667 bits per heavy atom. The van der Waals surface area contributed by atoms with E-state index in [0.29, 0.717) is 25.7 Å². The molecule has 0 saturated heterocycles. The maximum atomic E-state index is 13.1. The molecule has 0 bridgehead atoms. The van der Waals surface area contributed by atoms with Crippen molar-refractivity contribution in [3.8, 4) is 0 Å². The fourth-order valence-corrected chi connectivity index (χ4v) is 14.5. The van der Waals surface area contributed by atoms with Gasteiger partial charge < -0.3 is 33.8 Å². The Bertz CT molecular complexity index is 1960. The van der Waals surface area contributed by atoms with Gasteiger partial charge in [-0.3, -0.25) is 37.3 Å². The smallest absolute Gasteiger partial charge is 0.462 e. The summed E-state index contributed by atoms with van der Waals surface area (Å²) in [5.41, 5.74) is 0. The molecule has 0 radical (unpaired) electrons. The lowest BCUT2D eigenvalue weighted by Gasteiger charge is -2.21. The van der Waals surface area contributed by atoms with Gasteiger partial charge in [0.1, 0.15) is 19.3 Å². The molecular formula is C83H162O17P2. The summed E-state index contributed by atoms with van der Waals surface area (Å²) in [7, 11) is -9.92. The summed E-state index contributed by atoms with van der Waals surface area (Å²) in [6.07, 6.45) is 65.4. The van der Waals surface area contributed by atoms with Crippen LogP contribution in [0.15, 0.2) is 0 Å². The molecule has 3 N–H and O–H groups in total. The number of carbonyl (C=O) groups excluding carboxylic acids is 4. The van der Waals surface area contributed by atoms with Crippen LogP contribution >= 0.6 is 15.6 Å². The summed E-state index contributed by atoms with van der Waals surface area (Å²) < 4.78 is 68.7. The molecule has 0 aromatic heterocycles. The van der Waals surface area contributed by atoms with Gasteiger partial charge in [0.15, 0.2) is 12.2 Å². The van der Waals surface area contributed by atoms with Crippen molar-refractivity contribution in [3.05, 3.63) is 0 Å². The van der Waals surface area contributed by atoms with Crippen molar-refractivity contribution in [3.63, 3.8) is 0 Å². The van der Waals surface area contributed by atoms with E-state index in [1.165, 1.54) is 257 Å². The van der Waals surface area contributed by atoms with Crippen molar-refractivity contribution in [2.24, 2.45) is 11.8 Å². The number of unbranched alkanes of at least 4 members (excludes halogenated alkanes) is 52. The van der Waals surface area contributed by atoms with E-state index in [4.69, 9.17) is 37.0 Å². The number of hydrogen-bond donors (Lipinski definition) is 3. The minimum Gasteiger partial charge on any atom is -0.462 e. The number of aliphatic hydroxyl groups excluding tert-OH is 1. The SMILES string of the molecule is CCCCCCCCCCCCCCCCCCCCCC(=O)OC[C@H](COP(=O)(O)OC[C@@H](O)COP(=O)(O)OC[C@@H](COC(=O)CCCCCCCCCCCCC)OC(=O)CCCCCCCCCCC(C)C)OC(=O)CCCCCCCCCCCCCCCCCCCCC(C)C. The van der Waals surface area contributed by atoms with E-state index >= 15 is 0 Å². The van der Waals surface area contributed by atoms with E-state index < -0.39 is 97.5 Å². The van der Waals surface area contributed by atoms with Gasteiger partial charge in [0.2, 0.25) is 0 Å². The first-order valence-electron chi connectivity index (χ1n) is 43.0. The third kappa shape index (κ3) is 76.3. The molecule has 0 aromatic carbocycles. The van der Waals surface area contributed by atoms with Gasteiger partial charge in [0.25, 0.3) is 0 Å². The highest BCUT2D eigenvalue weighted by Crippen LogP contribution is 2.45. The Labute approximate surface area is 626 Å². The topological polar surface area (TPSA) is 237 Å². The first-order chi connectivity index (χ1) is 49.4. The summed E-state index contributed by atoms with van der Waals surface area (Å²) in [6, 6.07) is 0. The first-order valence-corrected chi connectivity index (χ1v) is 46.0. The quantitative estimate of drug-likeness (QED) is 0.0222. The molecular weight excluding hydrogens is 1330 g/mol. The van der Waals surface area contributed by atoms with Crippen molar-refractivity contribution in [1.29, 1.82) is 0 Å². The van der Waals surface area contributed by atoms with Crippen molar-refractivity contribution >= 4 is 39.5 Å². The minimum absolute atomic E-state index is 0.105. The van der Waals surface area contributed by atoms with E-state index in [2.05, 4.69) is 41.5 Å². The Morgan fingerprint density at radius 1 is 0.265 bits per heavy atom. The molecule has 0 aliphatic rings. The number of phosphoric ester groups is 2. The van der Waals surface area contributed by atoms with E-state index in [-0.39, 0.29) is 25.7 Å². The molecule has 0 rings (SSSR count). The summed E-state index contributed by atoms with van der Waals surface area (Å²) in [5, 5.41) is 10.6. The largest absolute Gasteiger partial charge is 0.472 e. The van der Waals surface area contributed by atoms with Crippen LogP contribution in [-0.4, -0.2) is 96.7 Å². The van der Waals surface area contributed by atoms with Gasteiger partial charge in [0, 0.05) is 25.7 Å². The van der Waals surface area contributed by atoms with Gasteiger partial charge in [-0.1, -0.05) is 388 Å². The molecule has 0 spiro atoms. The van der Waals surface area contributed by atoms with Gasteiger partial charge in [-0.2, -0.15) is 0 Å². The lowest BCUT2D eigenvalue weighted by atomic mass is 10.0. The van der Waals surface area contributed by atoms with Crippen LogP contribution in [0.5, 0.6) is 0 Å². The second-order valence-electron chi connectivity index (χ2n) is 30.8. The van der Waals surface area contributed by atoms with Crippen molar-refractivity contribution in [2.45, 2.75) is 458 Å². The second kappa shape index (κ2) is 74.5. The number of phosphoric acid groups is 2. The highest BCUT2D eigenvalue weighted by molar-refractivity contribution is 7.47. The summed E-state index contributed by atoms with van der Waals surface area (Å²) in [6.45, 7) is 9.64. The van der Waals surface area contributed by atoms with Crippen LogP contribution < -0.4 is 0 Å². The van der Waals surface area contributed by atoms with Crippen LogP contribution in [0, 0.1) is 11.8 Å². The highest BCUT2D eigenvalue weighted by Gasteiger charge is 2.30. The average Bonchev–Trinajstić information content (AvgIpc) is 0.910. The summed E-state index contributed by atoms with van der Waals surface area (Å²) in [4.78, 5) is 73.0. The van der Waals surface area contributed by atoms with Gasteiger partial charge in [-0.15, -0.1) is 0 Å².